The lowest BCUT2D eigenvalue weighted by Crippen LogP contribution is -2.31. The van der Waals surface area contributed by atoms with Crippen molar-refractivity contribution in [2.75, 3.05) is 25.0 Å². The summed E-state index contributed by atoms with van der Waals surface area (Å²) in [5.74, 6) is -0.0289. The Kier molecular flexibility index (Phi) is 5.78. The number of hydrogen-bond acceptors (Lipinski definition) is 3. The van der Waals surface area contributed by atoms with Crippen LogP contribution in [0.5, 0.6) is 0 Å². The third kappa shape index (κ3) is 4.35. The molecular weight excluding hydrogens is 354 g/mol. The van der Waals surface area contributed by atoms with Crippen LogP contribution in [0.15, 0.2) is 30.5 Å². The molecule has 138 valence electrons. The van der Waals surface area contributed by atoms with Gasteiger partial charge in [0.1, 0.15) is 0 Å². The predicted molar refractivity (Wildman–Crippen MR) is 101 cm³/mol. The van der Waals surface area contributed by atoms with E-state index >= 15 is 0 Å². The molecule has 1 aliphatic heterocycles. The fraction of sp³-hybridized carbons (Fsp3) is 0.389. The number of likely N-dealkylation sites (tertiary alicyclic amines) is 1. The first kappa shape index (κ1) is 18.3. The fourth-order valence-electron chi connectivity index (χ4n) is 2.97. The summed E-state index contributed by atoms with van der Waals surface area (Å²) in [6.45, 7) is 2.02. The highest BCUT2D eigenvalue weighted by molar-refractivity contribution is 6.33. The van der Waals surface area contributed by atoms with Gasteiger partial charge in [-0.2, -0.15) is 5.10 Å². The van der Waals surface area contributed by atoms with Gasteiger partial charge in [0.25, 0.3) is 5.91 Å². The Morgan fingerprint density at radius 2 is 2.00 bits per heavy atom. The molecule has 7 nitrogen and oxygen atoms in total. The molecule has 0 atom stereocenters. The Balaban J connectivity index is 1.57. The summed E-state index contributed by atoms with van der Waals surface area (Å²) in [4.78, 5) is 26.4. The zero-order valence-corrected chi connectivity index (χ0v) is 15.4. The second-order valence-corrected chi connectivity index (χ2v) is 6.68. The van der Waals surface area contributed by atoms with Gasteiger partial charge in [-0.05, 0) is 37.1 Å². The van der Waals surface area contributed by atoms with E-state index < -0.39 is 0 Å². The number of nitrogens with one attached hydrogen (secondary N) is 2. The van der Waals surface area contributed by atoms with Crippen LogP contribution >= 0.6 is 11.6 Å². The Morgan fingerprint density at radius 1 is 1.23 bits per heavy atom. The number of nitrogens with zero attached hydrogens (tertiary/aromatic N) is 3. The van der Waals surface area contributed by atoms with Crippen molar-refractivity contribution in [3.8, 4) is 0 Å². The number of aryl methyl sites for hydroxylation is 1. The highest BCUT2D eigenvalue weighted by atomic mass is 35.5. The number of urea groups is 1. The molecular formula is C18H22ClN5O2. The number of anilines is 1. The molecule has 1 aromatic carbocycles. The molecule has 0 unspecified atom stereocenters. The van der Waals surface area contributed by atoms with Crippen LogP contribution in [0.4, 0.5) is 10.5 Å². The Labute approximate surface area is 157 Å². The SMILES string of the molecule is Cn1nccc1CCNC(=O)Nc1cc(C(=O)N2CCCC2)ccc1Cl. The van der Waals surface area contributed by atoms with Gasteiger partial charge in [0, 0.05) is 50.6 Å². The number of halogens is 1. The molecule has 1 aromatic heterocycles. The lowest BCUT2D eigenvalue weighted by atomic mass is 10.1. The molecule has 0 saturated carbocycles. The normalized spacial score (nSPS) is 13.7. The van der Waals surface area contributed by atoms with Crippen LogP contribution in [-0.4, -0.2) is 46.3 Å². The van der Waals surface area contributed by atoms with E-state index in [1.165, 1.54) is 0 Å². The largest absolute Gasteiger partial charge is 0.339 e. The lowest BCUT2D eigenvalue weighted by Gasteiger charge is -2.16. The van der Waals surface area contributed by atoms with E-state index in [1.54, 1.807) is 29.1 Å². The van der Waals surface area contributed by atoms with Crippen molar-refractivity contribution in [1.82, 2.24) is 20.0 Å². The van der Waals surface area contributed by atoms with Crippen LogP contribution in [0, 0.1) is 0 Å². The number of carbonyl (C=O) groups excluding carboxylic acids is 2. The van der Waals surface area contributed by atoms with Gasteiger partial charge in [-0.3, -0.25) is 9.48 Å². The second kappa shape index (κ2) is 8.23. The minimum absolute atomic E-state index is 0.0289. The number of aromatic nitrogens is 2. The summed E-state index contributed by atoms with van der Waals surface area (Å²) in [6.07, 6.45) is 4.45. The summed E-state index contributed by atoms with van der Waals surface area (Å²) in [7, 11) is 1.86. The molecule has 1 fully saturated rings. The number of benzene rings is 1. The van der Waals surface area contributed by atoms with Crippen molar-refractivity contribution >= 4 is 29.2 Å². The highest BCUT2D eigenvalue weighted by Gasteiger charge is 2.20. The topological polar surface area (TPSA) is 79.3 Å². The zero-order chi connectivity index (χ0) is 18.5. The summed E-state index contributed by atoms with van der Waals surface area (Å²) in [5, 5.41) is 9.98. The predicted octanol–water partition coefficient (Wildman–Crippen LogP) is 2.67. The summed E-state index contributed by atoms with van der Waals surface area (Å²) in [6, 6.07) is 6.50. The number of amides is 3. The van der Waals surface area contributed by atoms with Crippen LogP contribution < -0.4 is 10.6 Å². The quantitative estimate of drug-likeness (QED) is 0.843. The monoisotopic (exact) mass is 375 g/mol. The highest BCUT2D eigenvalue weighted by Crippen LogP contribution is 2.24. The van der Waals surface area contributed by atoms with Crippen LogP contribution in [0.1, 0.15) is 28.9 Å². The summed E-state index contributed by atoms with van der Waals surface area (Å²) in [5.41, 5.74) is 1.98. The van der Waals surface area contributed by atoms with Crippen molar-refractivity contribution in [2.45, 2.75) is 19.3 Å². The molecule has 1 saturated heterocycles. The molecule has 0 aliphatic carbocycles. The van der Waals surface area contributed by atoms with E-state index in [4.69, 9.17) is 11.6 Å². The van der Waals surface area contributed by atoms with E-state index in [0.29, 0.717) is 29.2 Å². The van der Waals surface area contributed by atoms with E-state index in [0.717, 1.165) is 31.6 Å². The van der Waals surface area contributed by atoms with Gasteiger partial charge < -0.3 is 15.5 Å². The Morgan fingerprint density at radius 3 is 2.69 bits per heavy atom. The number of carbonyl (C=O) groups is 2. The van der Waals surface area contributed by atoms with E-state index in [9.17, 15) is 9.59 Å². The average Bonchev–Trinajstić information content (AvgIpc) is 3.28. The van der Waals surface area contributed by atoms with Gasteiger partial charge in [0.15, 0.2) is 0 Å². The van der Waals surface area contributed by atoms with Gasteiger partial charge in [-0.15, -0.1) is 0 Å². The molecule has 3 amide bonds. The lowest BCUT2D eigenvalue weighted by molar-refractivity contribution is 0.0793. The summed E-state index contributed by atoms with van der Waals surface area (Å²) < 4.78 is 1.77. The third-order valence-corrected chi connectivity index (χ3v) is 4.77. The molecule has 8 heteroatoms. The fourth-order valence-corrected chi connectivity index (χ4v) is 3.14. The van der Waals surface area contributed by atoms with Crippen molar-refractivity contribution in [3.63, 3.8) is 0 Å². The molecule has 2 heterocycles. The molecule has 1 aliphatic rings. The van der Waals surface area contributed by atoms with Gasteiger partial charge in [0.05, 0.1) is 10.7 Å². The Hall–Kier alpha value is -2.54. The second-order valence-electron chi connectivity index (χ2n) is 6.27. The molecule has 26 heavy (non-hydrogen) atoms. The maximum Gasteiger partial charge on any atom is 0.319 e. The molecule has 0 bridgehead atoms. The molecule has 0 radical (unpaired) electrons. The number of rotatable bonds is 5. The van der Waals surface area contributed by atoms with Gasteiger partial charge in [-0.25, -0.2) is 4.79 Å². The standard InChI is InChI=1S/C18H22ClN5O2/c1-23-14(7-9-21-23)6-8-20-18(26)22-16-12-13(4-5-15(16)19)17(25)24-10-2-3-11-24/h4-5,7,9,12H,2-3,6,8,10-11H2,1H3,(H2,20,22,26). The molecule has 2 aromatic rings. The van der Waals surface area contributed by atoms with Crippen LogP contribution in [0.3, 0.4) is 0 Å². The minimum Gasteiger partial charge on any atom is -0.339 e. The van der Waals surface area contributed by atoms with Crippen molar-refractivity contribution in [2.24, 2.45) is 7.05 Å². The minimum atomic E-state index is -0.361. The number of hydrogen-bond donors (Lipinski definition) is 2. The molecule has 2 N–H and O–H groups in total. The maximum atomic E-state index is 12.5. The van der Waals surface area contributed by atoms with Crippen LogP contribution in [-0.2, 0) is 13.5 Å². The average molecular weight is 376 g/mol. The van der Waals surface area contributed by atoms with Crippen LogP contribution in [0.25, 0.3) is 0 Å². The first-order valence-corrected chi connectivity index (χ1v) is 9.03. The Bertz CT molecular complexity index is 799. The van der Waals surface area contributed by atoms with Gasteiger partial charge >= 0.3 is 6.03 Å². The van der Waals surface area contributed by atoms with E-state index in [-0.39, 0.29) is 11.9 Å². The van der Waals surface area contributed by atoms with Gasteiger partial charge in [0.2, 0.25) is 0 Å². The van der Waals surface area contributed by atoms with Crippen molar-refractivity contribution in [3.05, 3.63) is 46.7 Å². The van der Waals surface area contributed by atoms with Crippen molar-refractivity contribution < 1.29 is 9.59 Å². The first-order chi connectivity index (χ1) is 12.5. The van der Waals surface area contributed by atoms with E-state index in [1.807, 2.05) is 18.0 Å². The van der Waals surface area contributed by atoms with Crippen molar-refractivity contribution in [1.29, 1.82) is 0 Å². The first-order valence-electron chi connectivity index (χ1n) is 8.65. The van der Waals surface area contributed by atoms with Crippen LogP contribution in [0.2, 0.25) is 5.02 Å². The maximum absolute atomic E-state index is 12.5. The molecule has 0 spiro atoms. The van der Waals surface area contributed by atoms with Gasteiger partial charge in [-0.1, -0.05) is 11.6 Å². The summed E-state index contributed by atoms with van der Waals surface area (Å²) >= 11 is 6.16. The molecule has 3 rings (SSSR count). The smallest absolute Gasteiger partial charge is 0.319 e. The third-order valence-electron chi connectivity index (χ3n) is 4.44. The van der Waals surface area contributed by atoms with E-state index in [2.05, 4.69) is 15.7 Å². The zero-order valence-electron chi connectivity index (χ0n) is 14.7.